The van der Waals surface area contributed by atoms with Crippen molar-refractivity contribution in [1.29, 1.82) is 0 Å². The Hall–Kier alpha value is -2.56. The highest BCUT2D eigenvalue weighted by Crippen LogP contribution is 2.22. The van der Waals surface area contributed by atoms with Crippen molar-refractivity contribution in [3.8, 4) is 5.75 Å². The average Bonchev–Trinajstić information content (AvgIpc) is 2.47. The molecule has 1 aromatic carbocycles. The lowest BCUT2D eigenvalue weighted by molar-refractivity contribution is 0.0750. The van der Waals surface area contributed by atoms with Crippen LogP contribution >= 0.6 is 0 Å². The maximum absolute atomic E-state index is 12.5. The maximum Gasteiger partial charge on any atom is 0.254 e. The zero-order valence-corrected chi connectivity index (χ0v) is 12.2. The van der Waals surface area contributed by atoms with E-state index < -0.39 is 0 Å². The molecule has 0 fully saturated rings. The number of anilines is 1. The van der Waals surface area contributed by atoms with Gasteiger partial charge in [0.15, 0.2) is 0 Å². The molecule has 0 unspecified atom stereocenters. The van der Waals surface area contributed by atoms with Crippen LogP contribution in [-0.2, 0) is 6.54 Å². The summed E-state index contributed by atoms with van der Waals surface area (Å²) < 4.78 is 0. The molecule has 110 valence electrons. The fraction of sp³-hybridized carbons (Fsp3) is 0.250. The van der Waals surface area contributed by atoms with E-state index >= 15 is 0 Å². The first-order valence-corrected chi connectivity index (χ1v) is 6.81. The number of aryl methyl sites for hydroxylation is 1. The van der Waals surface area contributed by atoms with Gasteiger partial charge in [0.25, 0.3) is 5.91 Å². The maximum atomic E-state index is 12.5. The van der Waals surface area contributed by atoms with Crippen LogP contribution in [0.3, 0.4) is 0 Å². The van der Waals surface area contributed by atoms with Gasteiger partial charge in [-0.2, -0.15) is 0 Å². The number of amides is 1. The van der Waals surface area contributed by atoms with E-state index in [2.05, 4.69) is 4.98 Å². The summed E-state index contributed by atoms with van der Waals surface area (Å²) in [5.41, 5.74) is 7.98. The van der Waals surface area contributed by atoms with E-state index in [-0.39, 0.29) is 17.3 Å². The molecule has 1 amide bonds. The molecule has 0 radical (unpaired) electrons. The van der Waals surface area contributed by atoms with Gasteiger partial charge in [0.2, 0.25) is 0 Å². The third-order valence-electron chi connectivity index (χ3n) is 3.25. The SMILES string of the molecule is CCN(Cc1cccc(C)n1)C(=O)c1ccc(N)c(O)c1. The summed E-state index contributed by atoms with van der Waals surface area (Å²) in [5, 5.41) is 9.62. The van der Waals surface area contributed by atoms with Crippen molar-refractivity contribution >= 4 is 11.6 Å². The number of hydrogen-bond acceptors (Lipinski definition) is 4. The van der Waals surface area contributed by atoms with Gasteiger partial charge in [0.05, 0.1) is 17.9 Å². The molecule has 0 aliphatic carbocycles. The Balaban J connectivity index is 2.20. The first-order valence-electron chi connectivity index (χ1n) is 6.81. The number of carbonyl (C=O) groups is 1. The molecular formula is C16H19N3O2. The number of aromatic hydroxyl groups is 1. The predicted molar refractivity (Wildman–Crippen MR) is 81.9 cm³/mol. The molecule has 0 bridgehead atoms. The Labute approximate surface area is 124 Å². The van der Waals surface area contributed by atoms with E-state index in [9.17, 15) is 9.90 Å². The van der Waals surface area contributed by atoms with Gasteiger partial charge in [0.1, 0.15) is 5.75 Å². The number of pyridine rings is 1. The normalized spacial score (nSPS) is 10.4. The van der Waals surface area contributed by atoms with E-state index in [0.29, 0.717) is 18.7 Å². The van der Waals surface area contributed by atoms with Crippen LogP contribution in [0.1, 0.15) is 28.7 Å². The highest BCUT2D eigenvalue weighted by molar-refractivity contribution is 5.95. The molecule has 1 heterocycles. The molecule has 0 spiro atoms. The number of carbonyl (C=O) groups excluding carboxylic acids is 1. The summed E-state index contributed by atoms with van der Waals surface area (Å²) in [5.74, 6) is -0.235. The predicted octanol–water partition coefficient (Wildman–Crippen LogP) is 2.34. The van der Waals surface area contributed by atoms with Crippen LogP contribution in [0.25, 0.3) is 0 Å². The van der Waals surface area contributed by atoms with Crippen molar-refractivity contribution < 1.29 is 9.90 Å². The van der Waals surface area contributed by atoms with Gasteiger partial charge in [0, 0.05) is 17.8 Å². The van der Waals surface area contributed by atoms with Crippen LogP contribution in [0.2, 0.25) is 0 Å². The van der Waals surface area contributed by atoms with Crippen LogP contribution < -0.4 is 5.73 Å². The van der Waals surface area contributed by atoms with Crippen molar-refractivity contribution in [3.05, 3.63) is 53.3 Å². The van der Waals surface area contributed by atoms with Crippen LogP contribution in [0.4, 0.5) is 5.69 Å². The third kappa shape index (κ3) is 3.51. The summed E-state index contributed by atoms with van der Waals surface area (Å²) in [6.07, 6.45) is 0. The van der Waals surface area contributed by atoms with E-state index in [1.165, 1.54) is 12.1 Å². The number of aromatic nitrogens is 1. The Kier molecular flexibility index (Phi) is 4.42. The Morgan fingerprint density at radius 2 is 2.10 bits per heavy atom. The van der Waals surface area contributed by atoms with Gasteiger partial charge in [-0.15, -0.1) is 0 Å². The summed E-state index contributed by atoms with van der Waals surface area (Å²) >= 11 is 0. The van der Waals surface area contributed by atoms with Crippen molar-refractivity contribution in [2.75, 3.05) is 12.3 Å². The lowest BCUT2D eigenvalue weighted by Gasteiger charge is -2.21. The lowest BCUT2D eigenvalue weighted by atomic mass is 10.1. The number of nitrogens with two attached hydrogens (primary N) is 1. The van der Waals surface area contributed by atoms with Crippen LogP contribution in [0.15, 0.2) is 36.4 Å². The molecule has 1 aromatic heterocycles. The fourth-order valence-corrected chi connectivity index (χ4v) is 2.07. The first-order chi connectivity index (χ1) is 10.0. The van der Waals surface area contributed by atoms with Crippen LogP contribution in [-0.4, -0.2) is 27.4 Å². The van der Waals surface area contributed by atoms with Crippen LogP contribution in [0.5, 0.6) is 5.75 Å². The summed E-state index contributed by atoms with van der Waals surface area (Å²) in [6, 6.07) is 10.3. The molecular weight excluding hydrogens is 266 g/mol. The number of phenols is 1. The molecule has 0 aliphatic heterocycles. The molecule has 21 heavy (non-hydrogen) atoms. The molecule has 2 aromatic rings. The number of phenolic OH excluding ortho intramolecular Hbond substituents is 1. The number of benzene rings is 1. The zero-order valence-electron chi connectivity index (χ0n) is 12.2. The second kappa shape index (κ2) is 6.26. The second-order valence-corrected chi connectivity index (χ2v) is 4.86. The molecule has 2 rings (SSSR count). The van der Waals surface area contributed by atoms with Crippen molar-refractivity contribution in [3.63, 3.8) is 0 Å². The van der Waals surface area contributed by atoms with Gasteiger partial charge >= 0.3 is 0 Å². The van der Waals surface area contributed by atoms with E-state index in [0.717, 1.165) is 11.4 Å². The fourth-order valence-electron chi connectivity index (χ4n) is 2.07. The van der Waals surface area contributed by atoms with Crippen molar-refractivity contribution in [1.82, 2.24) is 9.88 Å². The first kappa shape index (κ1) is 14.8. The lowest BCUT2D eigenvalue weighted by Crippen LogP contribution is -2.30. The minimum Gasteiger partial charge on any atom is -0.506 e. The van der Waals surface area contributed by atoms with Gasteiger partial charge in [-0.3, -0.25) is 9.78 Å². The van der Waals surface area contributed by atoms with Gasteiger partial charge in [-0.05, 0) is 44.2 Å². The van der Waals surface area contributed by atoms with Crippen molar-refractivity contribution in [2.45, 2.75) is 20.4 Å². The summed E-state index contributed by atoms with van der Waals surface area (Å²) in [7, 11) is 0. The average molecular weight is 285 g/mol. The third-order valence-corrected chi connectivity index (χ3v) is 3.25. The molecule has 5 nitrogen and oxygen atoms in total. The van der Waals surface area contributed by atoms with Gasteiger partial charge in [-0.1, -0.05) is 6.07 Å². The molecule has 0 saturated heterocycles. The number of rotatable bonds is 4. The molecule has 0 atom stereocenters. The molecule has 3 N–H and O–H groups in total. The van der Waals surface area contributed by atoms with E-state index in [1.807, 2.05) is 32.0 Å². The highest BCUT2D eigenvalue weighted by atomic mass is 16.3. The smallest absolute Gasteiger partial charge is 0.254 e. The Morgan fingerprint density at radius 3 is 2.71 bits per heavy atom. The summed E-state index contributed by atoms with van der Waals surface area (Å²) in [4.78, 5) is 18.6. The minimum absolute atomic E-state index is 0.0782. The Morgan fingerprint density at radius 1 is 1.33 bits per heavy atom. The number of nitrogen functional groups attached to an aromatic ring is 1. The topological polar surface area (TPSA) is 79.5 Å². The van der Waals surface area contributed by atoms with E-state index in [1.54, 1.807) is 11.0 Å². The second-order valence-electron chi connectivity index (χ2n) is 4.86. The molecule has 0 aliphatic rings. The standard InChI is InChI=1S/C16H19N3O2/c1-3-19(10-13-6-4-5-11(2)18-13)16(21)12-7-8-14(17)15(20)9-12/h4-9,20H,3,10,17H2,1-2H3. The molecule has 5 heteroatoms. The summed E-state index contributed by atoms with van der Waals surface area (Å²) in [6.45, 7) is 4.81. The highest BCUT2D eigenvalue weighted by Gasteiger charge is 2.16. The monoisotopic (exact) mass is 285 g/mol. The van der Waals surface area contributed by atoms with Crippen LogP contribution in [0, 0.1) is 6.92 Å². The van der Waals surface area contributed by atoms with Crippen molar-refractivity contribution in [2.24, 2.45) is 0 Å². The van der Waals surface area contributed by atoms with E-state index in [4.69, 9.17) is 5.73 Å². The minimum atomic E-state index is -0.156. The largest absolute Gasteiger partial charge is 0.506 e. The molecule has 0 saturated carbocycles. The zero-order chi connectivity index (χ0) is 15.4. The van der Waals surface area contributed by atoms with Gasteiger partial charge in [-0.25, -0.2) is 0 Å². The number of hydrogen-bond donors (Lipinski definition) is 2. The quantitative estimate of drug-likeness (QED) is 0.667. The van der Waals surface area contributed by atoms with Gasteiger partial charge < -0.3 is 15.7 Å². The number of nitrogens with zero attached hydrogens (tertiary/aromatic N) is 2. The Bertz CT molecular complexity index is 656.